The largest absolute Gasteiger partial charge is 0.497 e. The SMILES string of the molecule is COc1ccc(Cl)c(-c2cc3[nH]c(=O)n(-c4cccc5ccc(Br)cc45)c(=O)c3s2)c1. The summed E-state index contributed by atoms with van der Waals surface area (Å²) in [7, 11) is 1.58. The molecule has 0 unspecified atom stereocenters. The molecule has 1 N–H and O–H groups in total. The second-order valence-electron chi connectivity index (χ2n) is 6.91. The first-order valence-electron chi connectivity index (χ1n) is 9.28. The molecule has 5 aromatic rings. The molecule has 0 bridgehead atoms. The van der Waals surface area contributed by atoms with Crippen molar-refractivity contribution in [3.63, 3.8) is 0 Å². The van der Waals surface area contributed by atoms with E-state index in [1.54, 1.807) is 31.4 Å². The van der Waals surface area contributed by atoms with E-state index < -0.39 is 5.69 Å². The van der Waals surface area contributed by atoms with Crippen LogP contribution in [-0.4, -0.2) is 16.7 Å². The lowest BCUT2D eigenvalue weighted by molar-refractivity contribution is 0.415. The Bertz CT molecular complexity index is 1600. The maximum atomic E-state index is 13.4. The number of benzene rings is 3. The lowest BCUT2D eigenvalue weighted by atomic mass is 10.1. The van der Waals surface area contributed by atoms with Gasteiger partial charge in [-0.05, 0) is 47.9 Å². The van der Waals surface area contributed by atoms with Crippen LogP contribution >= 0.6 is 38.9 Å². The normalized spacial score (nSPS) is 11.3. The van der Waals surface area contributed by atoms with Crippen LogP contribution in [0.3, 0.4) is 0 Å². The number of nitrogens with one attached hydrogen (secondary N) is 1. The zero-order valence-electron chi connectivity index (χ0n) is 16.1. The van der Waals surface area contributed by atoms with Gasteiger partial charge in [0.15, 0.2) is 0 Å². The van der Waals surface area contributed by atoms with Crippen LogP contribution in [0.2, 0.25) is 5.02 Å². The van der Waals surface area contributed by atoms with E-state index in [1.807, 2.05) is 36.4 Å². The molecule has 8 heteroatoms. The number of aromatic nitrogens is 2. The summed E-state index contributed by atoms with van der Waals surface area (Å²) in [5, 5.41) is 2.27. The van der Waals surface area contributed by atoms with E-state index in [9.17, 15) is 9.59 Å². The Hall–Kier alpha value is -2.87. The third kappa shape index (κ3) is 3.39. The molecule has 2 aromatic heterocycles. The highest BCUT2D eigenvalue weighted by molar-refractivity contribution is 9.10. The second kappa shape index (κ2) is 7.67. The van der Waals surface area contributed by atoms with Gasteiger partial charge in [0.05, 0.1) is 18.3 Å². The number of H-pyrrole nitrogens is 1. The van der Waals surface area contributed by atoms with Gasteiger partial charge < -0.3 is 9.72 Å². The fraction of sp³-hybridized carbons (Fsp3) is 0.0435. The van der Waals surface area contributed by atoms with Crippen LogP contribution in [0.1, 0.15) is 0 Å². The van der Waals surface area contributed by atoms with Crippen LogP contribution in [0, 0.1) is 0 Å². The van der Waals surface area contributed by atoms with Crippen LogP contribution in [0.15, 0.2) is 74.7 Å². The first-order chi connectivity index (χ1) is 15.0. The monoisotopic (exact) mass is 512 g/mol. The summed E-state index contributed by atoms with van der Waals surface area (Å²) in [4.78, 5) is 30.0. The highest BCUT2D eigenvalue weighted by Crippen LogP contribution is 2.37. The van der Waals surface area contributed by atoms with Gasteiger partial charge in [0.2, 0.25) is 0 Å². The summed E-state index contributed by atoms with van der Waals surface area (Å²) in [5.41, 5.74) is 0.878. The van der Waals surface area contributed by atoms with Crippen molar-refractivity contribution >= 4 is 59.9 Å². The van der Waals surface area contributed by atoms with Gasteiger partial charge in [-0.25, -0.2) is 9.36 Å². The third-order valence-electron chi connectivity index (χ3n) is 5.08. The maximum Gasteiger partial charge on any atom is 0.333 e. The number of halogens is 2. The van der Waals surface area contributed by atoms with Crippen LogP contribution < -0.4 is 16.0 Å². The van der Waals surface area contributed by atoms with Crippen molar-refractivity contribution in [3.05, 3.63) is 91.0 Å². The van der Waals surface area contributed by atoms with Crippen molar-refractivity contribution in [2.45, 2.75) is 0 Å². The molecule has 31 heavy (non-hydrogen) atoms. The van der Waals surface area contributed by atoms with Gasteiger partial charge >= 0.3 is 5.69 Å². The number of ether oxygens (including phenoxy) is 1. The Kier molecular flexibility index (Phi) is 4.97. The molecule has 0 saturated heterocycles. The minimum absolute atomic E-state index is 0.374. The lowest BCUT2D eigenvalue weighted by Crippen LogP contribution is -2.33. The summed E-state index contributed by atoms with van der Waals surface area (Å²) < 4.78 is 7.79. The number of rotatable bonds is 3. The van der Waals surface area contributed by atoms with Crippen LogP contribution in [0.4, 0.5) is 0 Å². The molecule has 0 aliphatic rings. The molecule has 2 heterocycles. The van der Waals surface area contributed by atoms with Crippen LogP contribution in [0.5, 0.6) is 5.75 Å². The molecule has 0 aliphatic heterocycles. The quantitative estimate of drug-likeness (QED) is 0.322. The van der Waals surface area contributed by atoms with Crippen molar-refractivity contribution in [1.82, 2.24) is 9.55 Å². The standard InChI is InChI=1S/C23H14BrClN2O3S/c1-30-14-7-8-17(25)16(10-14)20-11-18-21(31-20)22(28)27(23(29)26-18)19-4-2-3-12-5-6-13(24)9-15(12)19/h2-11H,1H3,(H,26,29). The molecule has 0 amide bonds. The van der Waals surface area contributed by atoms with E-state index in [0.29, 0.717) is 26.7 Å². The number of hydrogen-bond donors (Lipinski definition) is 1. The smallest absolute Gasteiger partial charge is 0.333 e. The first-order valence-corrected chi connectivity index (χ1v) is 11.3. The predicted molar refractivity (Wildman–Crippen MR) is 130 cm³/mol. The van der Waals surface area contributed by atoms with Crippen LogP contribution in [-0.2, 0) is 0 Å². The molecule has 0 spiro atoms. The Morgan fingerprint density at radius 2 is 1.90 bits per heavy atom. The molecular formula is C23H14BrClN2O3S. The number of fused-ring (bicyclic) bond motifs is 2. The van der Waals surface area contributed by atoms with Gasteiger partial charge in [0.25, 0.3) is 5.56 Å². The predicted octanol–water partition coefficient (Wildman–Crippen LogP) is 5.99. The van der Waals surface area contributed by atoms with Crippen molar-refractivity contribution in [2.75, 3.05) is 7.11 Å². The molecule has 5 rings (SSSR count). The highest BCUT2D eigenvalue weighted by atomic mass is 79.9. The average molecular weight is 514 g/mol. The second-order valence-corrected chi connectivity index (χ2v) is 9.29. The van der Waals surface area contributed by atoms with Gasteiger partial charge in [-0.15, -0.1) is 11.3 Å². The number of hydrogen-bond acceptors (Lipinski definition) is 4. The van der Waals surface area contributed by atoms with E-state index in [1.165, 1.54) is 15.9 Å². The molecule has 154 valence electrons. The number of aromatic amines is 1. The van der Waals surface area contributed by atoms with Gasteiger partial charge in [-0.3, -0.25) is 4.79 Å². The maximum absolute atomic E-state index is 13.4. The van der Waals surface area contributed by atoms with Crippen LogP contribution in [0.25, 0.3) is 37.1 Å². The molecule has 5 nitrogen and oxygen atoms in total. The minimum atomic E-state index is -0.494. The lowest BCUT2D eigenvalue weighted by Gasteiger charge is -2.09. The minimum Gasteiger partial charge on any atom is -0.497 e. The average Bonchev–Trinajstić information content (AvgIpc) is 3.18. The summed E-state index contributed by atoms with van der Waals surface area (Å²) in [6.07, 6.45) is 0. The molecule has 0 saturated carbocycles. The fourth-order valence-electron chi connectivity index (χ4n) is 3.60. The van der Waals surface area contributed by atoms with Gasteiger partial charge in [0, 0.05) is 25.3 Å². The molecule has 3 aromatic carbocycles. The molecule has 0 radical (unpaired) electrons. The molecule has 0 atom stereocenters. The fourth-order valence-corrected chi connectivity index (χ4v) is 5.31. The molecule has 0 fully saturated rings. The van der Waals surface area contributed by atoms with Crippen molar-refractivity contribution < 1.29 is 4.74 Å². The molecule has 0 aliphatic carbocycles. The summed E-state index contributed by atoms with van der Waals surface area (Å²) >= 11 is 11.1. The number of thiophene rings is 1. The zero-order valence-corrected chi connectivity index (χ0v) is 19.3. The van der Waals surface area contributed by atoms with Gasteiger partial charge in [-0.2, -0.15) is 0 Å². The van der Waals surface area contributed by atoms with Gasteiger partial charge in [-0.1, -0.05) is 45.7 Å². The number of nitrogens with zero attached hydrogens (tertiary/aromatic N) is 1. The molecular weight excluding hydrogens is 500 g/mol. The Labute approximate surface area is 193 Å². The van der Waals surface area contributed by atoms with E-state index in [0.717, 1.165) is 25.7 Å². The van der Waals surface area contributed by atoms with Gasteiger partial charge in [0.1, 0.15) is 10.4 Å². The summed E-state index contributed by atoms with van der Waals surface area (Å²) in [5.74, 6) is 0.657. The Balaban J connectivity index is 1.78. The Morgan fingerprint density at radius 1 is 1.06 bits per heavy atom. The summed E-state index contributed by atoms with van der Waals surface area (Å²) in [6.45, 7) is 0. The van der Waals surface area contributed by atoms with Crippen molar-refractivity contribution in [3.8, 4) is 21.9 Å². The number of methoxy groups -OCH3 is 1. The third-order valence-corrected chi connectivity index (χ3v) is 7.05. The first kappa shape index (κ1) is 20.1. The zero-order chi connectivity index (χ0) is 21.7. The topological polar surface area (TPSA) is 64.1 Å². The Morgan fingerprint density at radius 3 is 2.71 bits per heavy atom. The van der Waals surface area contributed by atoms with E-state index in [-0.39, 0.29) is 5.56 Å². The van der Waals surface area contributed by atoms with Crippen molar-refractivity contribution in [2.24, 2.45) is 0 Å². The highest BCUT2D eigenvalue weighted by Gasteiger charge is 2.17. The summed E-state index contributed by atoms with van der Waals surface area (Å²) in [6, 6.07) is 18.4. The van der Waals surface area contributed by atoms with Crippen molar-refractivity contribution in [1.29, 1.82) is 0 Å². The van der Waals surface area contributed by atoms with E-state index in [2.05, 4.69) is 20.9 Å². The van der Waals surface area contributed by atoms with E-state index in [4.69, 9.17) is 16.3 Å². The van der Waals surface area contributed by atoms with E-state index >= 15 is 0 Å².